The third-order valence-corrected chi connectivity index (χ3v) is 5.52. The molecule has 4 nitrogen and oxygen atoms in total. The van der Waals surface area contributed by atoms with E-state index in [1.165, 1.54) is 11.8 Å². The monoisotopic (exact) mass is 376 g/mol. The molecule has 2 aromatic carbocycles. The summed E-state index contributed by atoms with van der Waals surface area (Å²) in [4.78, 5) is 17.8. The lowest BCUT2D eigenvalue weighted by atomic mass is 10.1. The Morgan fingerprint density at radius 1 is 1.11 bits per heavy atom. The van der Waals surface area contributed by atoms with Crippen LogP contribution in [0.3, 0.4) is 0 Å². The number of furan rings is 1. The van der Waals surface area contributed by atoms with E-state index in [-0.39, 0.29) is 5.91 Å². The first kappa shape index (κ1) is 17.6. The zero-order valence-electron chi connectivity index (χ0n) is 15.5. The van der Waals surface area contributed by atoms with Gasteiger partial charge in [-0.05, 0) is 48.9 Å². The number of para-hydroxylation sites is 2. The van der Waals surface area contributed by atoms with E-state index in [4.69, 9.17) is 4.42 Å². The van der Waals surface area contributed by atoms with Crippen molar-refractivity contribution in [3.8, 4) is 0 Å². The first-order valence-electron chi connectivity index (χ1n) is 8.93. The smallest absolute Gasteiger partial charge is 0.264 e. The first-order chi connectivity index (χ1) is 13.1. The van der Waals surface area contributed by atoms with Crippen LogP contribution in [0, 0.1) is 13.8 Å². The van der Waals surface area contributed by atoms with E-state index in [9.17, 15) is 4.79 Å². The number of benzene rings is 2. The highest BCUT2D eigenvalue weighted by Gasteiger charge is 2.25. The average molecular weight is 376 g/mol. The Kier molecular flexibility index (Phi) is 4.62. The van der Waals surface area contributed by atoms with Gasteiger partial charge < -0.3 is 9.73 Å². The molecule has 3 aromatic rings. The van der Waals surface area contributed by atoms with Gasteiger partial charge in [0, 0.05) is 17.4 Å². The number of carbonyl (C=O) groups excluding carboxylic acids is 1. The SMILES string of the molecule is CCc1oc2ccccc2c1/C=C1\SC(=Nc2c(C)cccc2C)NC1=O. The zero-order valence-corrected chi connectivity index (χ0v) is 16.3. The van der Waals surface area contributed by atoms with Crippen molar-refractivity contribution in [2.75, 3.05) is 0 Å². The second kappa shape index (κ2) is 7.08. The number of hydrogen-bond donors (Lipinski definition) is 1. The average Bonchev–Trinajstić information content (AvgIpc) is 3.19. The van der Waals surface area contributed by atoms with Crippen molar-refractivity contribution >= 4 is 45.6 Å². The van der Waals surface area contributed by atoms with Gasteiger partial charge in [0.15, 0.2) is 5.17 Å². The number of amidine groups is 1. The highest BCUT2D eigenvalue weighted by molar-refractivity contribution is 8.18. The second-order valence-corrected chi connectivity index (χ2v) is 7.54. The molecule has 136 valence electrons. The van der Waals surface area contributed by atoms with Crippen molar-refractivity contribution in [2.45, 2.75) is 27.2 Å². The number of nitrogens with zero attached hydrogens (tertiary/aromatic N) is 1. The van der Waals surface area contributed by atoms with Gasteiger partial charge in [0.25, 0.3) is 5.91 Å². The summed E-state index contributed by atoms with van der Waals surface area (Å²) in [6.45, 7) is 6.10. The minimum atomic E-state index is -0.127. The van der Waals surface area contributed by atoms with Gasteiger partial charge in [-0.1, -0.05) is 43.3 Å². The van der Waals surface area contributed by atoms with Gasteiger partial charge >= 0.3 is 0 Å². The minimum absolute atomic E-state index is 0.127. The van der Waals surface area contributed by atoms with Crippen LogP contribution in [-0.2, 0) is 11.2 Å². The molecule has 0 aliphatic carbocycles. The van der Waals surface area contributed by atoms with Crippen molar-refractivity contribution < 1.29 is 9.21 Å². The Bertz CT molecular complexity index is 1090. The van der Waals surface area contributed by atoms with Crippen molar-refractivity contribution in [1.29, 1.82) is 0 Å². The fraction of sp³-hybridized carbons (Fsp3) is 0.182. The molecule has 0 saturated carbocycles. The largest absolute Gasteiger partial charge is 0.460 e. The molecule has 1 aliphatic heterocycles. The van der Waals surface area contributed by atoms with Crippen LogP contribution in [0.5, 0.6) is 0 Å². The number of thioether (sulfide) groups is 1. The number of rotatable bonds is 3. The standard InChI is InChI=1S/C22H20N2O2S/c1-4-17-16(15-10-5-6-11-18(15)26-17)12-19-21(25)24-22(27-19)23-20-13(2)8-7-9-14(20)3/h5-12H,4H2,1-3H3,(H,23,24,25)/b19-12-. The van der Waals surface area contributed by atoms with Gasteiger partial charge in [-0.3, -0.25) is 4.79 Å². The number of hydrogen-bond acceptors (Lipinski definition) is 4. The lowest BCUT2D eigenvalue weighted by Crippen LogP contribution is -2.19. The molecular weight excluding hydrogens is 356 g/mol. The minimum Gasteiger partial charge on any atom is -0.460 e. The molecule has 0 atom stereocenters. The predicted molar refractivity (Wildman–Crippen MR) is 112 cm³/mol. The Labute approximate surface area is 162 Å². The van der Waals surface area contributed by atoms with Gasteiger partial charge in [0.2, 0.25) is 0 Å². The summed E-state index contributed by atoms with van der Waals surface area (Å²) in [7, 11) is 0. The Hall–Kier alpha value is -2.79. The van der Waals surface area contributed by atoms with E-state index >= 15 is 0 Å². The quantitative estimate of drug-likeness (QED) is 0.614. The zero-order chi connectivity index (χ0) is 19.0. The highest BCUT2D eigenvalue weighted by atomic mass is 32.2. The maximum Gasteiger partial charge on any atom is 0.264 e. The Morgan fingerprint density at radius 2 is 1.85 bits per heavy atom. The van der Waals surface area contributed by atoms with Crippen LogP contribution in [0.25, 0.3) is 17.0 Å². The fourth-order valence-electron chi connectivity index (χ4n) is 3.23. The Balaban J connectivity index is 1.72. The number of aryl methyl sites for hydroxylation is 3. The van der Waals surface area contributed by atoms with Crippen LogP contribution < -0.4 is 5.32 Å². The Morgan fingerprint density at radius 3 is 2.59 bits per heavy atom. The number of fused-ring (bicyclic) bond motifs is 1. The van der Waals surface area contributed by atoms with E-state index in [2.05, 4.69) is 17.2 Å². The predicted octanol–water partition coefficient (Wildman–Crippen LogP) is 5.50. The van der Waals surface area contributed by atoms with Crippen molar-refractivity contribution in [2.24, 2.45) is 4.99 Å². The molecule has 0 radical (unpaired) electrons. The molecule has 1 fully saturated rings. The molecule has 1 amide bonds. The summed E-state index contributed by atoms with van der Waals surface area (Å²) in [5, 5.41) is 4.51. The molecule has 0 bridgehead atoms. The lowest BCUT2D eigenvalue weighted by molar-refractivity contribution is -0.115. The molecule has 5 heteroatoms. The molecular formula is C22H20N2O2S. The molecule has 0 unspecified atom stereocenters. The van der Waals surface area contributed by atoms with Crippen molar-refractivity contribution in [1.82, 2.24) is 5.32 Å². The normalized spacial score (nSPS) is 17.2. The summed E-state index contributed by atoms with van der Waals surface area (Å²) in [6.07, 6.45) is 2.68. The maximum absolute atomic E-state index is 12.5. The van der Waals surface area contributed by atoms with E-state index in [1.807, 2.05) is 62.4 Å². The van der Waals surface area contributed by atoms with Crippen LogP contribution in [0.2, 0.25) is 0 Å². The summed E-state index contributed by atoms with van der Waals surface area (Å²) >= 11 is 1.37. The second-order valence-electron chi connectivity index (χ2n) is 6.51. The summed E-state index contributed by atoms with van der Waals surface area (Å²) in [5.41, 5.74) is 4.89. The highest BCUT2D eigenvalue weighted by Crippen LogP contribution is 2.34. The molecule has 1 aromatic heterocycles. The van der Waals surface area contributed by atoms with Gasteiger partial charge in [-0.15, -0.1) is 0 Å². The van der Waals surface area contributed by atoms with Crippen molar-refractivity contribution in [3.63, 3.8) is 0 Å². The number of aliphatic imine (C=N–C) groups is 1. The van der Waals surface area contributed by atoms with Crippen LogP contribution in [0.1, 0.15) is 29.4 Å². The number of nitrogens with one attached hydrogen (secondary N) is 1. The summed E-state index contributed by atoms with van der Waals surface area (Å²) in [6, 6.07) is 14.0. The van der Waals surface area contributed by atoms with Gasteiger partial charge in [-0.2, -0.15) is 0 Å². The van der Waals surface area contributed by atoms with E-state index in [1.54, 1.807) is 0 Å². The maximum atomic E-state index is 12.5. The molecule has 2 heterocycles. The van der Waals surface area contributed by atoms with E-state index in [0.717, 1.165) is 45.5 Å². The van der Waals surface area contributed by atoms with E-state index < -0.39 is 0 Å². The first-order valence-corrected chi connectivity index (χ1v) is 9.74. The number of carbonyl (C=O) groups is 1. The lowest BCUT2D eigenvalue weighted by Gasteiger charge is -2.04. The van der Waals surface area contributed by atoms with Gasteiger partial charge in [0.1, 0.15) is 11.3 Å². The van der Waals surface area contributed by atoms with Crippen molar-refractivity contribution in [3.05, 3.63) is 69.8 Å². The molecule has 4 rings (SSSR count). The molecule has 1 saturated heterocycles. The third-order valence-electron chi connectivity index (χ3n) is 4.61. The molecule has 1 N–H and O–H groups in total. The van der Waals surface area contributed by atoms with Crippen LogP contribution >= 0.6 is 11.8 Å². The van der Waals surface area contributed by atoms with Crippen LogP contribution in [-0.4, -0.2) is 11.1 Å². The summed E-state index contributed by atoms with van der Waals surface area (Å²) < 4.78 is 5.93. The number of amides is 1. The fourth-order valence-corrected chi connectivity index (χ4v) is 4.04. The topological polar surface area (TPSA) is 54.6 Å². The summed E-state index contributed by atoms with van der Waals surface area (Å²) in [5.74, 6) is 0.759. The van der Waals surface area contributed by atoms with Crippen LogP contribution in [0.15, 0.2) is 56.8 Å². The molecule has 0 spiro atoms. The van der Waals surface area contributed by atoms with Gasteiger partial charge in [-0.25, -0.2) is 4.99 Å². The van der Waals surface area contributed by atoms with Gasteiger partial charge in [0.05, 0.1) is 10.6 Å². The van der Waals surface area contributed by atoms with Crippen LogP contribution in [0.4, 0.5) is 5.69 Å². The third kappa shape index (κ3) is 3.30. The molecule has 1 aliphatic rings. The van der Waals surface area contributed by atoms with E-state index in [0.29, 0.717) is 10.1 Å². The molecule has 27 heavy (non-hydrogen) atoms.